The zero-order valence-electron chi connectivity index (χ0n) is 9.15. The monoisotopic (exact) mass is 206 g/mol. The molecule has 3 heteroatoms. The molecule has 0 bridgehead atoms. The minimum atomic E-state index is 0.510. The van der Waals surface area contributed by atoms with E-state index >= 15 is 0 Å². The van der Waals surface area contributed by atoms with Gasteiger partial charge >= 0.3 is 0 Å². The first-order valence-electron chi connectivity index (χ1n) is 5.42. The Kier molecular flexibility index (Phi) is 3.23. The van der Waals surface area contributed by atoms with Crippen molar-refractivity contribution in [3.05, 3.63) is 29.8 Å². The maximum atomic E-state index is 5.65. The molecule has 0 amide bonds. The lowest BCUT2D eigenvalue weighted by atomic mass is 10.1. The minimum Gasteiger partial charge on any atom is -0.399 e. The summed E-state index contributed by atoms with van der Waals surface area (Å²) in [5.74, 6) is 0. The molecular formula is C12H18N2O. The molecule has 1 saturated heterocycles. The van der Waals surface area contributed by atoms with Crippen molar-refractivity contribution < 1.29 is 4.74 Å². The molecule has 1 aliphatic heterocycles. The van der Waals surface area contributed by atoms with Crippen LogP contribution in [0.2, 0.25) is 0 Å². The summed E-state index contributed by atoms with van der Waals surface area (Å²) >= 11 is 0. The van der Waals surface area contributed by atoms with Crippen molar-refractivity contribution in [3.8, 4) is 0 Å². The molecule has 2 rings (SSSR count). The Labute approximate surface area is 90.8 Å². The van der Waals surface area contributed by atoms with Crippen LogP contribution in [0.5, 0.6) is 0 Å². The van der Waals surface area contributed by atoms with Gasteiger partial charge in [0, 0.05) is 24.8 Å². The number of nitrogen functional groups attached to an aromatic ring is 1. The van der Waals surface area contributed by atoms with Crippen LogP contribution in [-0.4, -0.2) is 30.7 Å². The SMILES string of the molecule is CC1COCCN1Cc1ccc(N)cc1. The molecule has 0 aliphatic carbocycles. The molecule has 3 nitrogen and oxygen atoms in total. The van der Waals surface area contributed by atoms with Crippen molar-refractivity contribution >= 4 is 5.69 Å². The fraction of sp³-hybridized carbons (Fsp3) is 0.500. The fourth-order valence-electron chi connectivity index (χ4n) is 1.85. The van der Waals surface area contributed by atoms with Crippen LogP contribution in [0, 0.1) is 0 Å². The Balaban J connectivity index is 1.98. The van der Waals surface area contributed by atoms with Crippen molar-refractivity contribution in [2.24, 2.45) is 0 Å². The van der Waals surface area contributed by atoms with E-state index in [4.69, 9.17) is 10.5 Å². The minimum absolute atomic E-state index is 0.510. The molecule has 82 valence electrons. The molecule has 1 unspecified atom stereocenters. The molecule has 1 atom stereocenters. The average molecular weight is 206 g/mol. The lowest BCUT2D eigenvalue weighted by Crippen LogP contribution is -2.42. The third kappa shape index (κ3) is 2.70. The van der Waals surface area contributed by atoms with Crippen LogP contribution >= 0.6 is 0 Å². The van der Waals surface area contributed by atoms with Crippen molar-refractivity contribution in [1.29, 1.82) is 0 Å². The Hall–Kier alpha value is -1.06. The summed E-state index contributed by atoms with van der Waals surface area (Å²) in [4.78, 5) is 2.44. The van der Waals surface area contributed by atoms with Gasteiger partial charge in [-0.3, -0.25) is 4.90 Å². The zero-order chi connectivity index (χ0) is 10.7. The Bertz CT molecular complexity index is 310. The third-order valence-corrected chi connectivity index (χ3v) is 2.87. The highest BCUT2D eigenvalue weighted by Crippen LogP contribution is 2.13. The number of hydrogen-bond acceptors (Lipinski definition) is 3. The molecule has 2 N–H and O–H groups in total. The lowest BCUT2D eigenvalue weighted by Gasteiger charge is -2.33. The van der Waals surface area contributed by atoms with E-state index in [0.717, 1.165) is 32.0 Å². The van der Waals surface area contributed by atoms with Crippen LogP contribution in [0.4, 0.5) is 5.69 Å². The van der Waals surface area contributed by atoms with Crippen molar-refractivity contribution in [2.75, 3.05) is 25.5 Å². The number of nitrogens with two attached hydrogens (primary N) is 1. The number of ether oxygens (including phenoxy) is 1. The molecule has 1 aliphatic rings. The van der Waals surface area contributed by atoms with Gasteiger partial charge in [0.05, 0.1) is 13.2 Å². The van der Waals surface area contributed by atoms with Gasteiger partial charge in [0.25, 0.3) is 0 Å². The van der Waals surface area contributed by atoms with E-state index in [-0.39, 0.29) is 0 Å². The summed E-state index contributed by atoms with van der Waals surface area (Å²) in [6.45, 7) is 5.90. The smallest absolute Gasteiger partial charge is 0.0619 e. The van der Waals surface area contributed by atoms with E-state index in [1.807, 2.05) is 12.1 Å². The highest BCUT2D eigenvalue weighted by molar-refractivity contribution is 5.39. The van der Waals surface area contributed by atoms with Gasteiger partial charge in [-0.25, -0.2) is 0 Å². The van der Waals surface area contributed by atoms with E-state index in [1.165, 1.54) is 5.56 Å². The Morgan fingerprint density at radius 2 is 2.13 bits per heavy atom. The molecule has 1 aromatic rings. The number of hydrogen-bond donors (Lipinski definition) is 1. The average Bonchev–Trinajstić information content (AvgIpc) is 2.25. The number of morpholine rings is 1. The van der Waals surface area contributed by atoms with Crippen LogP contribution in [-0.2, 0) is 11.3 Å². The van der Waals surface area contributed by atoms with Gasteiger partial charge in [-0.05, 0) is 24.6 Å². The molecule has 0 aromatic heterocycles. The summed E-state index contributed by atoms with van der Waals surface area (Å²) in [5, 5.41) is 0. The van der Waals surface area contributed by atoms with Gasteiger partial charge in [0.1, 0.15) is 0 Å². The second-order valence-corrected chi connectivity index (χ2v) is 4.14. The predicted molar refractivity (Wildman–Crippen MR) is 61.5 cm³/mol. The summed E-state index contributed by atoms with van der Waals surface area (Å²) in [7, 11) is 0. The van der Waals surface area contributed by atoms with Gasteiger partial charge in [-0.2, -0.15) is 0 Å². The molecule has 1 fully saturated rings. The van der Waals surface area contributed by atoms with E-state index < -0.39 is 0 Å². The van der Waals surface area contributed by atoms with Crippen LogP contribution in [0.25, 0.3) is 0 Å². The quantitative estimate of drug-likeness (QED) is 0.745. The van der Waals surface area contributed by atoms with Crippen LogP contribution in [0.1, 0.15) is 12.5 Å². The standard InChI is InChI=1S/C12H18N2O/c1-10-9-15-7-6-14(10)8-11-2-4-12(13)5-3-11/h2-5,10H,6-9,13H2,1H3. The molecule has 1 aromatic carbocycles. The maximum absolute atomic E-state index is 5.65. The first kappa shape index (κ1) is 10.5. The molecule has 0 radical (unpaired) electrons. The van der Waals surface area contributed by atoms with Crippen LogP contribution in [0.15, 0.2) is 24.3 Å². The zero-order valence-corrected chi connectivity index (χ0v) is 9.15. The largest absolute Gasteiger partial charge is 0.399 e. The normalized spacial score (nSPS) is 22.9. The summed E-state index contributed by atoms with van der Waals surface area (Å²) < 4.78 is 5.41. The molecule has 15 heavy (non-hydrogen) atoms. The summed E-state index contributed by atoms with van der Waals surface area (Å²) in [5.41, 5.74) is 7.80. The first-order chi connectivity index (χ1) is 7.25. The number of benzene rings is 1. The highest BCUT2D eigenvalue weighted by atomic mass is 16.5. The highest BCUT2D eigenvalue weighted by Gasteiger charge is 2.18. The second kappa shape index (κ2) is 4.64. The van der Waals surface area contributed by atoms with Crippen molar-refractivity contribution in [1.82, 2.24) is 4.90 Å². The van der Waals surface area contributed by atoms with Crippen molar-refractivity contribution in [3.63, 3.8) is 0 Å². The Morgan fingerprint density at radius 3 is 2.80 bits per heavy atom. The summed E-state index contributed by atoms with van der Waals surface area (Å²) in [6.07, 6.45) is 0. The predicted octanol–water partition coefficient (Wildman–Crippen LogP) is 1.49. The summed E-state index contributed by atoms with van der Waals surface area (Å²) in [6, 6.07) is 8.62. The molecular weight excluding hydrogens is 188 g/mol. The Morgan fingerprint density at radius 1 is 1.40 bits per heavy atom. The first-order valence-corrected chi connectivity index (χ1v) is 5.42. The van der Waals surface area contributed by atoms with Gasteiger partial charge in [-0.1, -0.05) is 12.1 Å². The third-order valence-electron chi connectivity index (χ3n) is 2.87. The molecule has 0 spiro atoms. The van der Waals surface area contributed by atoms with Gasteiger partial charge < -0.3 is 10.5 Å². The van der Waals surface area contributed by atoms with E-state index in [1.54, 1.807) is 0 Å². The molecule has 0 saturated carbocycles. The number of anilines is 1. The van der Waals surface area contributed by atoms with Gasteiger partial charge in [0.2, 0.25) is 0 Å². The molecule has 1 heterocycles. The van der Waals surface area contributed by atoms with E-state index in [0.29, 0.717) is 6.04 Å². The number of rotatable bonds is 2. The number of nitrogens with zero attached hydrogens (tertiary/aromatic N) is 1. The second-order valence-electron chi connectivity index (χ2n) is 4.14. The van der Waals surface area contributed by atoms with E-state index in [2.05, 4.69) is 24.0 Å². The van der Waals surface area contributed by atoms with Crippen LogP contribution in [0.3, 0.4) is 0 Å². The lowest BCUT2D eigenvalue weighted by molar-refractivity contribution is -0.00436. The maximum Gasteiger partial charge on any atom is 0.0619 e. The van der Waals surface area contributed by atoms with E-state index in [9.17, 15) is 0 Å². The van der Waals surface area contributed by atoms with Gasteiger partial charge in [-0.15, -0.1) is 0 Å². The fourth-order valence-corrected chi connectivity index (χ4v) is 1.85. The topological polar surface area (TPSA) is 38.5 Å². The van der Waals surface area contributed by atoms with Gasteiger partial charge in [0.15, 0.2) is 0 Å². The van der Waals surface area contributed by atoms with Crippen LogP contribution < -0.4 is 5.73 Å². The van der Waals surface area contributed by atoms with Crippen molar-refractivity contribution in [2.45, 2.75) is 19.5 Å².